The molecule has 29 heavy (non-hydrogen) atoms. The molecule has 0 bridgehead atoms. The molecule has 2 aromatic rings. The molecule has 150 valence electrons. The summed E-state index contributed by atoms with van der Waals surface area (Å²) in [7, 11) is 0. The summed E-state index contributed by atoms with van der Waals surface area (Å²) in [5.41, 5.74) is 2.55. The Hall–Kier alpha value is -3.07. The zero-order valence-corrected chi connectivity index (χ0v) is 16.2. The molecule has 0 radical (unpaired) electrons. The molecule has 0 saturated carbocycles. The predicted molar refractivity (Wildman–Crippen MR) is 112 cm³/mol. The van der Waals surface area contributed by atoms with Gasteiger partial charge < -0.3 is 19.9 Å². The Labute approximate surface area is 171 Å². The molecule has 5 nitrogen and oxygen atoms in total. The van der Waals surface area contributed by atoms with Gasteiger partial charge in [-0.05, 0) is 48.7 Å². The van der Waals surface area contributed by atoms with Crippen LogP contribution in [-0.2, 0) is 14.3 Å². The Bertz CT molecular complexity index is 868. The molecule has 0 aliphatic carbocycles. The summed E-state index contributed by atoms with van der Waals surface area (Å²) in [6, 6.07) is 17.0. The molecule has 1 aliphatic heterocycles. The molecule has 0 spiro atoms. The van der Waals surface area contributed by atoms with Crippen molar-refractivity contribution in [1.29, 1.82) is 0 Å². The lowest BCUT2D eigenvalue weighted by Gasteiger charge is -2.29. The number of ether oxygens (including phenoxy) is 2. The van der Waals surface area contributed by atoms with Gasteiger partial charge in [-0.15, -0.1) is 6.42 Å². The third kappa shape index (κ3) is 5.95. The molecule has 1 amide bonds. The maximum Gasteiger partial charge on any atom is 0.290 e. The third-order valence-electron chi connectivity index (χ3n) is 4.67. The minimum Gasteiger partial charge on any atom is -0.459 e. The SMILES string of the molecule is C#Cc1ccc([C@@H]2C=C(C(=O)Nc3ccccc3)O[C@H](OCCCCO)C2)cc1. The van der Waals surface area contributed by atoms with Crippen LogP contribution in [0.2, 0.25) is 0 Å². The van der Waals surface area contributed by atoms with E-state index in [2.05, 4.69) is 11.2 Å². The highest BCUT2D eigenvalue weighted by atomic mass is 16.7. The number of amides is 1. The van der Waals surface area contributed by atoms with Gasteiger partial charge in [0.25, 0.3) is 5.91 Å². The number of rotatable bonds is 8. The number of hydrogen-bond acceptors (Lipinski definition) is 4. The highest BCUT2D eigenvalue weighted by Gasteiger charge is 2.28. The van der Waals surface area contributed by atoms with Crippen molar-refractivity contribution in [2.45, 2.75) is 31.5 Å². The molecule has 1 heterocycles. The molecule has 2 N–H and O–H groups in total. The van der Waals surface area contributed by atoms with Gasteiger partial charge in [0.15, 0.2) is 5.76 Å². The molecule has 5 heteroatoms. The van der Waals surface area contributed by atoms with E-state index in [1.54, 1.807) is 0 Å². The van der Waals surface area contributed by atoms with Crippen LogP contribution in [0.5, 0.6) is 0 Å². The quantitative estimate of drug-likeness (QED) is 0.530. The topological polar surface area (TPSA) is 67.8 Å². The number of nitrogens with one attached hydrogen (secondary N) is 1. The van der Waals surface area contributed by atoms with E-state index < -0.39 is 6.29 Å². The average molecular weight is 391 g/mol. The summed E-state index contributed by atoms with van der Waals surface area (Å²) in [5.74, 6) is 2.50. The van der Waals surface area contributed by atoms with Crippen LogP contribution in [-0.4, -0.2) is 30.5 Å². The van der Waals surface area contributed by atoms with Crippen LogP contribution < -0.4 is 5.32 Å². The van der Waals surface area contributed by atoms with Gasteiger partial charge in [-0.1, -0.05) is 36.3 Å². The molecule has 0 fully saturated rings. The lowest BCUT2D eigenvalue weighted by atomic mass is 9.92. The summed E-state index contributed by atoms with van der Waals surface area (Å²) >= 11 is 0. The second-order valence-electron chi connectivity index (χ2n) is 6.81. The Morgan fingerprint density at radius 1 is 1.17 bits per heavy atom. The van der Waals surface area contributed by atoms with Gasteiger partial charge in [0.05, 0.1) is 6.61 Å². The second-order valence-corrected chi connectivity index (χ2v) is 6.81. The number of hydrogen-bond donors (Lipinski definition) is 2. The normalized spacial score (nSPS) is 18.3. The van der Waals surface area contributed by atoms with E-state index in [0.29, 0.717) is 25.1 Å². The van der Waals surface area contributed by atoms with E-state index in [0.717, 1.165) is 17.5 Å². The fraction of sp³-hybridized carbons (Fsp3) is 0.292. The first-order chi connectivity index (χ1) is 14.2. The Balaban J connectivity index is 1.76. The van der Waals surface area contributed by atoms with Gasteiger partial charge in [0, 0.05) is 30.2 Å². The first-order valence-electron chi connectivity index (χ1n) is 9.73. The number of carbonyl (C=O) groups excluding carboxylic acids is 1. The molecule has 0 unspecified atom stereocenters. The monoisotopic (exact) mass is 391 g/mol. The highest BCUT2D eigenvalue weighted by Crippen LogP contribution is 2.32. The molecule has 0 saturated heterocycles. The summed E-state index contributed by atoms with van der Waals surface area (Å²) in [4.78, 5) is 12.7. The van der Waals surface area contributed by atoms with Crippen molar-refractivity contribution < 1.29 is 19.4 Å². The molecule has 2 atom stereocenters. The van der Waals surface area contributed by atoms with Crippen molar-refractivity contribution >= 4 is 11.6 Å². The van der Waals surface area contributed by atoms with E-state index in [-0.39, 0.29) is 24.2 Å². The smallest absolute Gasteiger partial charge is 0.290 e. The first-order valence-corrected chi connectivity index (χ1v) is 9.73. The van der Waals surface area contributed by atoms with Crippen molar-refractivity contribution in [2.24, 2.45) is 0 Å². The van der Waals surface area contributed by atoms with Gasteiger partial charge in [-0.25, -0.2) is 0 Å². The Morgan fingerprint density at radius 2 is 1.93 bits per heavy atom. The van der Waals surface area contributed by atoms with E-state index in [1.807, 2.05) is 60.7 Å². The van der Waals surface area contributed by atoms with Gasteiger partial charge in [-0.3, -0.25) is 4.79 Å². The third-order valence-corrected chi connectivity index (χ3v) is 4.67. The molecule has 2 aromatic carbocycles. The van der Waals surface area contributed by atoms with E-state index >= 15 is 0 Å². The second kappa shape index (κ2) is 10.5. The average Bonchev–Trinajstić information content (AvgIpc) is 2.77. The number of unbranched alkanes of at least 4 members (excludes halogenated alkanes) is 1. The predicted octanol–water partition coefficient (Wildman–Crippen LogP) is 3.81. The highest BCUT2D eigenvalue weighted by molar-refractivity contribution is 6.02. The number of terminal acetylenes is 1. The van der Waals surface area contributed by atoms with Crippen molar-refractivity contribution in [3.63, 3.8) is 0 Å². The zero-order valence-electron chi connectivity index (χ0n) is 16.2. The van der Waals surface area contributed by atoms with Gasteiger partial charge in [-0.2, -0.15) is 0 Å². The van der Waals surface area contributed by atoms with Crippen LogP contribution in [0.4, 0.5) is 5.69 Å². The van der Waals surface area contributed by atoms with E-state index in [9.17, 15) is 4.79 Å². The largest absolute Gasteiger partial charge is 0.459 e. The number of carbonyl (C=O) groups is 1. The fourth-order valence-electron chi connectivity index (χ4n) is 3.12. The van der Waals surface area contributed by atoms with E-state index in [4.69, 9.17) is 21.0 Å². The minimum atomic E-state index is -0.535. The lowest BCUT2D eigenvalue weighted by Crippen LogP contribution is -2.29. The fourth-order valence-corrected chi connectivity index (χ4v) is 3.12. The lowest BCUT2D eigenvalue weighted by molar-refractivity contribution is -0.143. The van der Waals surface area contributed by atoms with Gasteiger partial charge in [0.1, 0.15) is 0 Å². The number of allylic oxidation sites excluding steroid dienone is 1. The minimum absolute atomic E-state index is 0.0325. The van der Waals surface area contributed by atoms with Crippen molar-refractivity contribution in [2.75, 3.05) is 18.5 Å². The molecular weight excluding hydrogens is 366 g/mol. The summed E-state index contributed by atoms with van der Waals surface area (Å²) < 4.78 is 11.7. The summed E-state index contributed by atoms with van der Waals surface area (Å²) in [5, 5.41) is 11.8. The van der Waals surface area contributed by atoms with Crippen LogP contribution in [0.1, 0.15) is 36.3 Å². The Kier molecular flexibility index (Phi) is 7.46. The molecule has 0 aromatic heterocycles. The van der Waals surface area contributed by atoms with Crippen LogP contribution in [0.25, 0.3) is 0 Å². The van der Waals surface area contributed by atoms with Crippen LogP contribution >= 0.6 is 0 Å². The van der Waals surface area contributed by atoms with Crippen LogP contribution in [0.3, 0.4) is 0 Å². The number of benzene rings is 2. The molecule has 3 rings (SSSR count). The Morgan fingerprint density at radius 3 is 2.62 bits per heavy atom. The van der Waals surface area contributed by atoms with Crippen LogP contribution in [0.15, 0.2) is 66.4 Å². The maximum atomic E-state index is 12.7. The number of aliphatic hydroxyl groups excluding tert-OH is 1. The van der Waals surface area contributed by atoms with Crippen molar-refractivity contribution in [3.05, 3.63) is 77.6 Å². The summed E-state index contributed by atoms with van der Waals surface area (Å²) in [6.45, 7) is 0.589. The van der Waals surface area contributed by atoms with E-state index in [1.165, 1.54) is 0 Å². The number of para-hydroxylation sites is 1. The van der Waals surface area contributed by atoms with Gasteiger partial charge in [0.2, 0.25) is 6.29 Å². The van der Waals surface area contributed by atoms with Gasteiger partial charge >= 0.3 is 0 Å². The number of aliphatic hydroxyl groups is 1. The molecule has 1 aliphatic rings. The van der Waals surface area contributed by atoms with Crippen molar-refractivity contribution in [3.8, 4) is 12.3 Å². The first kappa shape index (κ1) is 20.7. The maximum absolute atomic E-state index is 12.7. The standard InChI is InChI=1S/C24H25NO4/c1-2-18-10-12-19(13-11-18)20-16-22(24(27)25-21-8-4-3-5-9-21)29-23(17-20)28-15-7-6-14-26/h1,3-5,8-13,16,20,23,26H,6-7,14-15,17H2,(H,25,27)/t20-,23+/m1/s1. The van der Waals surface area contributed by atoms with Crippen molar-refractivity contribution in [1.82, 2.24) is 0 Å². The van der Waals surface area contributed by atoms with Crippen LogP contribution in [0, 0.1) is 12.3 Å². The molecular formula is C24H25NO4. The summed E-state index contributed by atoms with van der Waals surface area (Å²) in [6.07, 6.45) is 8.73. The number of anilines is 1. The zero-order chi connectivity index (χ0) is 20.5.